The molecule has 117 heavy (non-hydrogen) atoms. The Morgan fingerprint density at radius 3 is 1.20 bits per heavy atom. The summed E-state index contributed by atoms with van der Waals surface area (Å²) in [5.41, 5.74) is 7.59. The average molecular weight is 1680 g/mol. The first-order valence-corrected chi connectivity index (χ1v) is 42.2. The summed E-state index contributed by atoms with van der Waals surface area (Å²) in [4.78, 5) is 137. The molecule has 35 nitrogen and oxygen atoms in total. The standard InChI is InChI=1S/C39H45N5O11S.C23H35N3O11S2.C17H14N2O3/c1-23(41-35(45)12-8-9-13-36(46)53-4)37(47)42-24(2)38(48)43-28-15-25(14-26(16-28)22-55-56(5,50)51)21-54-34-19-31-30(18-33(34)52-3)39(49)44-29(20-40-31)17-27-10-6-7-11-32(27)44;1-15(24-20(27)8-6-7-9-21(28)35-3)22(29)25-16(2)23(30)26-19-11-17(13-36-38(4,31)32)10-18(12-19)14-37-39(5,33)34;1-22-16-7-12-13(8-15(16)20)18-9-11-6-10-4-2-3-5-14(10)19(11)17(12)21/h6-7,10-11,14-16,18-20,23-24,29H,8-9,12-13,17,21-22H2,1-5H3,(H,41,45)(H,42,47)(H,43,48);10-12,15-16H,6-9,13-14H2,1-5H3,(H,24,27)(H,25,29)(H,26,30);2-5,7-9,11,20H,6H2,1H3/t23-,24-,29-;15-,16-;11-/m000/s1. The fourth-order valence-electron chi connectivity index (χ4n) is 12.3. The SMILES string of the molecule is COC(=O)CCCCC(=O)N[C@@H](C)C(=O)N[C@@H](C)C(=O)Nc1cc(COS(C)(=O)=O)cc(COS(C)(=O)=O)c1.COC(=O)CCCCC(=O)N[C@@H](C)C(=O)N[C@@H](C)C(=O)Nc1cc(COc2cc3c(cc2OC)C(=O)N2c4ccccc4C[C@H]2C=N3)cc(COS(C)(=O)=O)c1.COc1cc2c(cc1O)N=C[C@@H]1Cc3ccccc3N1C2=O. The van der Waals surface area contributed by atoms with E-state index in [-0.39, 0.29) is 122 Å². The second kappa shape index (κ2) is 41.2. The van der Waals surface area contributed by atoms with Gasteiger partial charge >= 0.3 is 11.9 Å². The van der Waals surface area contributed by atoms with Gasteiger partial charge < -0.3 is 60.7 Å². The van der Waals surface area contributed by atoms with Crippen LogP contribution in [-0.4, -0.2) is 185 Å². The number of methoxy groups -OCH3 is 4. The number of benzene rings is 6. The predicted octanol–water partition coefficient (Wildman–Crippen LogP) is 6.73. The molecule has 0 aliphatic carbocycles. The average Bonchev–Trinajstić information content (AvgIpc) is 1.62. The molecular formula is C79H94N10O25S3. The quantitative estimate of drug-likeness (QED) is 0.0125. The van der Waals surface area contributed by atoms with Gasteiger partial charge in [-0.1, -0.05) is 42.5 Å². The Hall–Kier alpha value is -11.7. The monoisotopic (exact) mass is 1680 g/mol. The summed E-state index contributed by atoms with van der Waals surface area (Å²) in [6.07, 6.45) is 9.94. The van der Waals surface area contributed by atoms with Crippen LogP contribution in [0.2, 0.25) is 0 Å². The number of carbonyl (C=O) groups is 10. The number of anilines is 4. The number of aliphatic imine (C=N–C) groups is 2. The Kier molecular flexibility index (Phi) is 32.0. The number of nitrogens with zero attached hydrogens (tertiary/aromatic N) is 4. The third kappa shape index (κ3) is 26.9. The van der Waals surface area contributed by atoms with Crippen LogP contribution in [0.3, 0.4) is 0 Å². The zero-order valence-corrected chi connectivity index (χ0v) is 68.6. The van der Waals surface area contributed by atoms with Crippen LogP contribution >= 0.6 is 0 Å². The largest absolute Gasteiger partial charge is 0.504 e. The fourth-order valence-corrected chi connectivity index (χ4v) is 13.4. The number of para-hydroxylation sites is 2. The molecular weight excluding hydrogens is 1590 g/mol. The Morgan fingerprint density at radius 2 is 0.812 bits per heavy atom. The van der Waals surface area contributed by atoms with E-state index in [4.69, 9.17) is 26.8 Å². The Bertz CT molecular complexity index is 5100. The molecule has 8 amide bonds. The van der Waals surface area contributed by atoms with Gasteiger partial charge in [-0.3, -0.25) is 80.3 Å². The number of aromatic hydroxyl groups is 1. The molecule has 6 aromatic rings. The van der Waals surface area contributed by atoms with E-state index in [1.165, 1.54) is 86.5 Å². The minimum absolute atomic E-state index is 0.0198. The zero-order chi connectivity index (χ0) is 85.6. The molecule has 628 valence electrons. The van der Waals surface area contributed by atoms with Crippen LogP contribution in [0.4, 0.5) is 34.1 Å². The highest BCUT2D eigenvalue weighted by molar-refractivity contribution is 7.86. The van der Waals surface area contributed by atoms with Crippen molar-refractivity contribution in [1.82, 2.24) is 21.3 Å². The molecule has 0 bridgehead atoms. The highest BCUT2D eigenvalue weighted by atomic mass is 32.2. The van der Waals surface area contributed by atoms with Crippen molar-refractivity contribution in [3.63, 3.8) is 0 Å². The zero-order valence-electron chi connectivity index (χ0n) is 66.2. The van der Waals surface area contributed by atoms with Gasteiger partial charge in [-0.15, -0.1) is 0 Å². The number of phenols is 1. The molecule has 0 radical (unpaired) electrons. The van der Waals surface area contributed by atoms with Crippen molar-refractivity contribution in [3.05, 3.63) is 154 Å². The number of phenolic OH excluding ortho intramolecular Hbond substituents is 1. The van der Waals surface area contributed by atoms with E-state index in [0.717, 1.165) is 47.7 Å². The number of nitrogens with one attached hydrogen (secondary N) is 6. The minimum atomic E-state index is -3.80. The van der Waals surface area contributed by atoms with E-state index in [9.17, 15) is 78.3 Å². The molecule has 4 aliphatic heterocycles. The molecule has 38 heteroatoms. The molecule has 0 unspecified atom stereocenters. The van der Waals surface area contributed by atoms with Crippen molar-refractivity contribution in [2.24, 2.45) is 9.98 Å². The summed E-state index contributed by atoms with van der Waals surface area (Å²) in [6.45, 7) is 4.66. The van der Waals surface area contributed by atoms with Gasteiger partial charge in [-0.2, -0.15) is 25.3 Å². The first-order chi connectivity index (χ1) is 55.3. The number of hydrogen-bond acceptors (Lipinski definition) is 27. The maximum absolute atomic E-state index is 13.8. The molecule has 4 heterocycles. The van der Waals surface area contributed by atoms with Gasteiger partial charge in [0.2, 0.25) is 35.4 Å². The minimum Gasteiger partial charge on any atom is -0.504 e. The van der Waals surface area contributed by atoms with Crippen molar-refractivity contribution in [2.45, 2.75) is 155 Å². The Balaban J connectivity index is 0.000000241. The summed E-state index contributed by atoms with van der Waals surface area (Å²) >= 11 is 0. The second-order valence-electron chi connectivity index (χ2n) is 27.6. The lowest BCUT2D eigenvalue weighted by atomic mass is 10.1. The van der Waals surface area contributed by atoms with E-state index < -0.39 is 84.1 Å². The normalized spacial score (nSPS) is 15.2. The maximum atomic E-state index is 13.8. The van der Waals surface area contributed by atoms with Crippen LogP contribution in [0.25, 0.3) is 0 Å². The van der Waals surface area contributed by atoms with Crippen LogP contribution < -0.4 is 55.9 Å². The first-order valence-electron chi connectivity index (χ1n) is 36.7. The van der Waals surface area contributed by atoms with Crippen LogP contribution in [0.15, 0.2) is 119 Å². The molecule has 0 saturated heterocycles. The van der Waals surface area contributed by atoms with Crippen LogP contribution in [0.5, 0.6) is 23.0 Å². The van der Waals surface area contributed by atoms with E-state index in [0.29, 0.717) is 82.6 Å². The van der Waals surface area contributed by atoms with E-state index in [1.54, 1.807) is 52.6 Å². The molecule has 4 aliphatic rings. The fraction of sp³-hybridized carbons (Fsp3) is 0.392. The van der Waals surface area contributed by atoms with Crippen LogP contribution in [-0.2, 0) is 130 Å². The van der Waals surface area contributed by atoms with Crippen LogP contribution in [0, 0.1) is 0 Å². The Morgan fingerprint density at radius 1 is 0.453 bits per heavy atom. The van der Waals surface area contributed by atoms with Crippen molar-refractivity contribution in [1.29, 1.82) is 0 Å². The van der Waals surface area contributed by atoms with Gasteiger partial charge in [0.1, 0.15) is 30.8 Å². The summed E-state index contributed by atoms with van der Waals surface area (Å²) in [5, 5.41) is 25.3. The molecule has 6 atom stereocenters. The van der Waals surface area contributed by atoms with Gasteiger partial charge in [-0.05, 0) is 141 Å². The molecule has 0 fully saturated rings. The van der Waals surface area contributed by atoms with E-state index in [1.807, 2.05) is 48.5 Å². The summed E-state index contributed by atoms with van der Waals surface area (Å²) in [5.74, 6) is -3.46. The van der Waals surface area contributed by atoms with E-state index >= 15 is 0 Å². The van der Waals surface area contributed by atoms with Crippen molar-refractivity contribution < 1.29 is 115 Å². The van der Waals surface area contributed by atoms with Gasteiger partial charge in [0.05, 0.1) is 102 Å². The number of carbonyl (C=O) groups excluding carboxylic acids is 10. The van der Waals surface area contributed by atoms with E-state index in [2.05, 4.69) is 51.4 Å². The van der Waals surface area contributed by atoms with Gasteiger partial charge in [0.15, 0.2) is 23.0 Å². The lowest BCUT2D eigenvalue weighted by Crippen LogP contribution is -2.50. The van der Waals surface area contributed by atoms with Gasteiger partial charge in [0, 0.05) is 85.8 Å². The third-order valence-corrected chi connectivity index (χ3v) is 19.8. The smallest absolute Gasteiger partial charge is 0.305 e. The molecule has 0 spiro atoms. The molecule has 0 saturated carbocycles. The second-order valence-corrected chi connectivity index (χ2v) is 32.5. The molecule has 0 aromatic heterocycles. The first kappa shape index (κ1) is 90.8. The molecule has 7 N–H and O–H groups in total. The van der Waals surface area contributed by atoms with Gasteiger partial charge in [-0.25, -0.2) is 0 Å². The van der Waals surface area contributed by atoms with Crippen molar-refractivity contribution in [3.8, 4) is 23.0 Å². The lowest BCUT2D eigenvalue weighted by Gasteiger charge is -2.22. The maximum Gasteiger partial charge on any atom is 0.305 e. The number of ether oxygens (including phenoxy) is 5. The van der Waals surface area contributed by atoms with Crippen molar-refractivity contribution >= 4 is 136 Å². The Labute approximate surface area is 677 Å². The van der Waals surface area contributed by atoms with Gasteiger partial charge in [0.25, 0.3) is 42.2 Å². The number of unbranched alkanes of at least 4 members (excludes halogenated alkanes) is 2. The highest BCUT2D eigenvalue weighted by Crippen LogP contribution is 2.43. The highest BCUT2D eigenvalue weighted by Gasteiger charge is 2.39. The number of amides is 8. The number of esters is 2. The molecule has 10 rings (SSSR count). The molecule has 6 aromatic carbocycles. The lowest BCUT2D eigenvalue weighted by molar-refractivity contribution is -0.141. The number of fused-ring (bicyclic) bond motifs is 8. The van der Waals surface area contributed by atoms with Crippen LogP contribution in [0.1, 0.15) is 133 Å². The summed E-state index contributed by atoms with van der Waals surface area (Å²) < 4.78 is 109. The third-order valence-electron chi connectivity index (χ3n) is 18.2. The summed E-state index contributed by atoms with van der Waals surface area (Å²) in [6, 6.07) is 26.6. The number of hydrogen-bond donors (Lipinski definition) is 7. The van der Waals surface area contributed by atoms with Crippen molar-refractivity contribution in [2.75, 3.05) is 67.6 Å². The topological polar surface area (TPSA) is 471 Å². The number of rotatable bonds is 34. The predicted molar refractivity (Wildman–Crippen MR) is 430 cm³/mol. The summed E-state index contributed by atoms with van der Waals surface area (Å²) in [7, 11) is -5.87.